The molecule has 0 spiro atoms. The third-order valence-corrected chi connectivity index (χ3v) is 7.77. The Balaban J connectivity index is 1.75. The molecule has 0 saturated heterocycles. The Kier molecular flexibility index (Phi) is 11.3. The van der Waals surface area contributed by atoms with Gasteiger partial charge in [-0.3, -0.25) is 0 Å². The lowest BCUT2D eigenvalue weighted by molar-refractivity contribution is 0.0513. The maximum Gasteiger partial charge on any atom is 0.126 e. The zero-order valence-corrected chi connectivity index (χ0v) is 22.9. The maximum absolute atomic E-state index is 6.66. The standard InChI is InChI=1S/C31H52O2/c1-9-21-32-29-22-28-18-20-31(8,33-30(28)27(7)26(29)6)19-12-17-25(5)16-11-15-24(4)14-10-13-23(2)3/h9,22-25H,1,10-21H2,2-8H3. The molecule has 1 heterocycles. The predicted octanol–water partition coefficient (Wildman–Crippen LogP) is 9.39. The van der Waals surface area contributed by atoms with Crippen molar-refractivity contribution in [3.8, 4) is 11.5 Å². The van der Waals surface area contributed by atoms with Crippen LogP contribution in [0.5, 0.6) is 11.5 Å². The zero-order valence-electron chi connectivity index (χ0n) is 22.9. The van der Waals surface area contributed by atoms with Crippen LogP contribution in [0, 0.1) is 31.6 Å². The van der Waals surface area contributed by atoms with Gasteiger partial charge in [-0.15, -0.1) is 0 Å². The molecule has 1 aliphatic heterocycles. The van der Waals surface area contributed by atoms with E-state index in [4.69, 9.17) is 9.47 Å². The van der Waals surface area contributed by atoms with Gasteiger partial charge in [0.15, 0.2) is 0 Å². The normalized spacial score (nSPS) is 19.6. The Morgan fingerprint density at radius 3 is 2.18 bits per heavy atom. The molecule has 0 amide bonds. The molecular weight excluding hydrogens is 404 g/mol. The molecule has 0 bridgehead atoms. The quantitative estimate of drug-likeness (QED) is 0.245. The predicted molar refractivity (Wildman–Crippen MR) is 144 cm³/mol. The van der Waals surface area contributed by atoms with Crippen LogP contribution in [-0.4, -0.2) is 12.2 Å². The van der Waals surface area contributed by atoms with Crippen LogP contribution in [-0.2, 0) is 6.42 Å². The molecule has 1 aromatic rings. The van der Waals surface area contributed by atoms with E-state index in [-0.39, 0.29) is 5.60 Å². The summed E-state index contributed by atoms with van der Waals surface area (Å²) in [5.74, 6) is 4.64. The first-order valence-corrected chi connectivity index (χ1v) is 13.7. The SMILES string of the molecule is C=CCOc1cc2c(c(C)c1C)OC(C)(CCCC(C)CCCC(C)CCCC(C)C)CC2. The van der Waals surface area contributed by atoms with Gasteiger partial charge in [-0.1, -0.05) is 85.3 Å². The van der Waals surface area contributed by atoms with E-state index >= 15 is 0 Å². The smallest absolute Gasteiger partial charge is 0.126 e. The highest BCUT2D eigenvalue weighted by atomic mass is 16.5. The van der Waals surface area contributed by atoms with E-state index in [0.29, 0.717) is 6.61 Å². The second kappa shape index (κ2) is 13.4. The molecule has 1 aliphatic rings. The first-order chi connectivity index (χ1) is 15.6. The molecule has 2 heteroatoms. The van der Waals surface area contributed by atoms with Crippen LogP contribution in [0.4, 0.5) is 0 Å². The van der Waals surface area contributed by atoms with Crippen LogP contribution >= 0.6 is 0 Å². The third kappa shape index (κ3) is 9.02. The largest absolute Gasteiger partial charge is 0.489 e. The van der Waals surface area contributed by atoms with Crippen molar-refractivity contribution in [1.29, 1.82) is 0 Å². The third-order valence-electron chi connectivity index (χ3n) is 7.77. The number of benzene rings is 1. The molecule has 33 heavy (non-hydrogen) atoms. The topological polar surface area (TPSA) is 18.5 Å². The van der Waals surface area contributed by atoms with Gasteiger partial charge in [0.05, 0.1) is 0 Å². The van der Waals surface area contributed by atoms with E-state index in [1.54, 1.807) is 6.08 Å². The molecule has 1 aromatic carbocycles. The Bertz CT molecular complexity index is 735. The van der Waals surface area contributed by atoms with Gasteiger partial charge in [-0.05, 0) is 87.0 Å². The van der Waals surface area contributed by atoms with E-state index in [2.05, 4.69) is 61.1 Å². The van der Waals surface area contributed by atoms with Crippen LogP contribution < -0.4 is 9.47 Å². The van der Waals surface area contributed by atoms with Gasteiger partial charge >= 0.3 is 0 Å². The van der Waals surface area contributed by atoms with Gasteiger partial charge in [-0.2, -0.15) is 0 Å². The molecule has 0 aromatic heterocycles. The highest BCUT2D eigenvalue weighted by Gasteiger charge is 2.33. The van der Waals surface area contributed by atoms with Crippen molar-refractivity contribution >= 4 is 0 Å². The van der Waals surface area contributed by atoms with Crippen molar-refractivity contribution in [3.05, 3.63) is 35.4 Å². The number of hydrogen-bond acceptors (Lipinski definition) is 2. The second-order valence-corrected chi connectivity index (χ2v) is 11.6. The molecule has 0 fully saturated rings. The molecule has 0 saturated carbocycles. The molecular formula is C31H52O2. The number of fused-ring (bicyclic) bond motifs is 1. The van der Waals surface area contributed by atoms with Crippen molar-refractivity contribution in [2.75, 3.05) is 6.61 Å². The van der Waals surface area contributed by atoms with Crippen molar-refractivity contribution in [3.63, 3.8) is 0 Å². The van der Waals surface area contributed by atoms with Crippen molar-refractivity contribution in [2.45, 2.75) is 125 Å². The minimum absolute atomic E-state index is 0.0433. The Hall–Kier alpha value is -1.44. The van der Waals surface area contributed by atoms with Gasteiger partial charge < -0.3 is 9.47 Å². The lowest BCUT2D eigenvalue weighted by Crippen LogP contribution is -2.36. The molecule has 3 atom stereocenters. The number of hydrogen-bond donors (Lipinski definition) is 0. The van der Waals surface area contributed by atoms with Crippen LogP contribution in [0.2, 0.25) is 0 Å². The minimum Gasteiger partial charge on any atom is -0.489 e. The van der Waals surface area contributed by atoms with Gasteiger partial charge in [0.1, 0.15) is 23.7 Å². The Morgan fingerprint density at radius 1 is 0.970 bits per heavy atom. The van der Waals surface area contributed by atoms with E-state index in [1.165, 1.54) is 68.1 Å². The number of aryl methyl sites for hydroxylation is 1. The fourth-order valence-electron chi connectivity index (χ4n) is 5.23. The summed E-state index contributed by atoms with van der Waals surface area (Å²) in [5.41, 5.74) is 3.67. The van der Waals surface area contributed by atoms with Crippen LogP contribution in [0.15, 0.2) is 18.7 Å². The van der Waals surface area contributed by atoms with Crippen molar-refractivity contribution in [2.24, 2.45) is 17.8 Å². The molecule has 0 N–H and O–H groups in total. The number of ether oxygens (including phenoxy) is 2. The zero-order chi connectivity index (χ0) is 24.4. The van der Waals surface area contributed by atoms with Crippen LogP contribution in [0.3, 0.4) is 0 Å². The molecule has 2 rings (SSSR count). The van der Waals surface area contributed by atoms with E-state index in [9.17, 15) is 0 Å². The summed E-state index contributed by atoms with van der Waals surface area (Å²) in [6, 6.07) is 2.19. The van der Waals surface area contributed by atoms with Gasteiger partial charge in [0.2, 0.25) is 0 Å². The van der Waals surface area contributed by atoms with Gasteiger partial charge in [-0.25, -0.2) is 0 Å². The fourth-order valence-corrected chi connectivity index (χ4v) is 5.23. The molecule has 2 nitrogen and oxygen atoms in total. The summed E-state index contributed by atoms with van der Waals surface area (Å²) >= 11 is 0. The first-order valence-electron chi connectivity index (χ1n) is 13.7. The average molecular weight is 457 g/mol. The lowest BCUT2D eigenvalue weighted by Gasteiger charge is -2.37. The van der Waals surface area contributed by atoms with Crippen LogP contribution in [0.1, 0.15) is 116 Å². The van der Waals surface area contributed by atoms with E-state index in [1.807, 2.05) is 0 Å². The number of rotatable bonds is 15. The molecule has 188 valence electrons. The average Bonchev–Trinajstić information content (AvgIpc) is 2.75. The van der Waals surface area contributed by atoms with Gasteiger partial charge in [0, 0.05) is 0 Å². The van der Waals surface area contributed by atoms with E-state index in [0.717, 1.165) is 48.5 Å². The Morgan fingerprint density at radius 2 is 1.58 bits per heavy atom. The Labute approximate surface area is 205 Å². The molecule has 0 aliphatic carbocycles. The summed E-state index contributed by atoms with van der Waals surface area (Å²) in [5, 5.41) is 0. The maximum atomic E-state index is 6.66. The lowest BCUT2D eigenvalue weighted by atomic mass is 9.85. The summed E-state index contributed by atoms with van der Waals surface area (Å²) in [7, 11) is 0. The highest BCUT2D eigenvalue weighted by Crippen LogP contribution is 2.42. The van der Waals surface area contributed by atoms with Gasteiger partial charge in [0.25, 0.3) is 0 Å². The monoisotopic (exact) mass is 456 g/mol. The molecule has 3 unspecified atom stereocenters. The highest BCUT2D eigenvalue weighted by molar-refractivity contribution is 5.53. The fraction of sp³-hybridized carbons (Fsp3) is 0.742. The summed E-state index contributed by atoms with van der Waals surface area (Å²) < 4.78 is 12.5. The summed E-state index contributed by atoms with van der Waals surface area (Å²) in [4.78, 5) is 0. The summed E-state index contributed by atoms with van der Waals surface area (Å²) in [6.07, 6.45) is 16.0. The van der Waals surface area contributed by atoms with E-state index < -0.39 is 0 Å². The summed E-state index contributed by atoms with van der Waals surface area (Å²) in [6.45, 7) is 20.5. The second-order valence-electron chi connectivity index (χ2n) is 11.6. The molecule has 0 radical (unpaired) electrons. The van der Waals surface area contributed by atoms with Crippen molar-refractivity contribution in [1.82, 2.24) is 0 Å². The minimum atomic E-state index is -0.0433. The van der Waals surface area contributed by atoms with Crippen LogP contribution in [0.25, 0.3) is 0 Å². The van der Waals surface area contributed by atoms with Crippen molar-refractivity contribution < 1.29 is 9.47 Å². The first kappa shape index (κ1) is 27.8.